The Labute approximate surface area is 149 Å². The summed E-state index contributed by atoms with van der Waals surface area (Å²) in [5.41, 5.74) is 1.50. The topological polar surface area (TPSA) is 85.2 Å². The van der Waals surface area contributed by atoms with Gasteiger partial charge in [-0.15, -0.1) is 0 Å². The molecule has 1 N–H and O–H groups in total. The molecule has 1 heterocycles. The molecule has 130 valence electrons. The van der Waals surface area contributed by atoms with Gasteiger partial charge in [-0.1, -0.05) is 29.8 Å². The van der Waals surface area contributed by atoms with Crippen LogP contribution < -0.4 is 4.72 Å². The molecule has 1 aliphatic carbocycles. The quantitative estimate of drug-likeness (QED) is 0.888. The second-order valence-electron chi connectivity index (χ2n) is 5.78. The summed E-state index contributed by atoms with van der Waals surface area (Å²) in [6.45, 7) is 0. The lowest BCUT2D eigenvalue weighted by molar-refractivity contribution is -0.113. The molecule has 0 bridgehead atoms. The van der Waals surface area contributed by atoms with Gasteiger partial charge >= 0.3 is 0 Å². The summed E-state index contributed by atoms with van der Waals surface area (Å²) in [6, 6.07) is 5.06. The van der Waals surface area contributed by atoms with E-state index in [1.54, 1.807) is 48.0 Å². The number of hydrogen-bond donors (Lipinski definition) is 1. The number of amides is 1. The molecule has 1 aromatic heterocycles. The number of fused-ring (bicyclic) bond motifs is 1. The highest BCUT2D eigenvalue weighted by molar-refractivity contribution is 7.89. The summed E-state index contributed by atoms with van der Waals surface area (Å²) >= 11 is 6.09. The van der Waals surface area contributed by atoms with Gasteiger partial charge in [0.15, 0.2) is 5.78 Å². The number of nitrogens with one attached hydrogen (secondary N) is 1. The molecule has 0 unspecified atom stereocenters. The van der Waals surface area contributed by atoms with Crippen molar-refractivity contribution in [1.29, 1.82) is 0 Å². The Bertz CT molecular complexity index is 1080. The van der Waals surface area contributed by atoms with Crippen LogP contribution in [0.15, 0.2) is 36.4 Å². The number of aryl methyl sites for hydroxylation is 1. The summed E-state index contributed by atoms with van der Waals surface area (Å²) < 4.78 is 26.5. The Hall–Kier alpha value is -2.38. The van der Waals surface area contributed by atoms with E-state index >= 15 is 0 Å². The molecule has 25 heavy (non-hydrogen) atoms. The van der Waals surface area contributed by atoms with Crippen LogP contribution in [0, 0.1) is 0 Å². The molecule has 0 aliphatic heterocycles. The van der Waals surface area contributed by atoms with Crippen molar-refractivity contribution in [3.8, 4) is 0 Å². The monoisotopic (exact) mass is 378 g/mol. The first kappa shape index (κ1) is 17.4. The number of halogens is 1. The first-order valence-corrected chi connectivity index (χ1v) is 9.66. The van der Waals surface area contributed by atoms with E-state index in [9.17, 15) is 18.0 Å². The number of carbonyl (C=O) groups excluding carboxylic acids is 2. The Morgan fingerprint density at radius 3 is 2.68 bits per heavy atom. The van der Waals surface area contributed by atoms with Crippen LogP contribution in [-0.2, 0) is 21.9 Å². The van der Waals surface area contributed by atoms with Gasteiger partial charge in [-0.2, -0.15) is 0 Å². The fraction of sp³-hybridized carbons (Fsp3) is 0.176. The van der Waals surface area contributed by atoms with Crippen molar-refractivity contribution in [1.82, 2.24) is 9.29 Å². The van der Waals surface area contributed by atoms with E-state index in [1.807, 2.05) is 4.72 Å². The van der Waals surface area contributed by atoms with Gasteiger partial charge in [0.2, 0.25) is 10.0 Å². The lowest BCUT2D eigenvalue weighted by Gasteiger charge is -2.11. The van der Waals surface area contributed by atoms with E-state index < -0.39 is 15.9 Å². The maximum atomic E-state index is 12.6. The van der Waals surface area contributed by atoms with Gasteiger partial charge in [-0.05, 0) is 18.2 Å². The first-order valence-electron chi connectivity index (χ1n) is 7.39. The van der Waals surface area contributed by atoms with Crippen molar-refractivity contribution in [3.63, 3.8) is 0 Å². The SMILES string of the molecule is Cn1c(C(=O)NS(C)(=O)=O)c(C2=CC=CCC2=O)c2cc(Cl)ccc21. The van der Waals surface area contributed by atoms with Gasteiger partial charge in [0, 0.05) is 40.5 Å². The number of carbonyl (C=O) groups is 2. The van der Waals surface area contributed by atoms with Gasteiger partial charge in [0.25, 0.3) is 5.91 Å². The third-order valence-electron chi connectivity index (χ3n) is 3.93. The number of aromatic nitrogens is 1. The van der Waals surface area contributed by atoms with Crippen molar-refractivity contribution < 1.29 is 18.0 Å². The van der Waals surface area contributed by atoms with Gasteiger partial charge in [-0.25, -0.2) is 13.1 Å². The smallest absolute Gasteiger partial charge is 0.282 e. The number of sulfonamides is 1. The van der Waals surface area contributed by atoms with Crippen LogP contribution in [0.3, 0.4) is 0 Å². The number of allylic oxidation sites excluding steroid dienone is 4. The Morgan fingerprint density at radius 2 is 2.04 bits per heavy atom. The van der Waals surface area contributed by atoms with E-state index in [4.69, 9.17) is 11.6 Å². The van der Waals surface area contributed by atoms with E-state index in [2.05, 4.69) is 0 Å². The van der Waals surface area contributed by atoms with E-state index in [0.29, 0.717) is 27.1 Å². The molecule has 0 saturated carbocycles. The molecule has 3 rings (SSSR count). The van der Waals surface area contributed by atoms with Crippen molar-refractivity contribution in [2.45, 2.75) is 6.42 Å². The highest BCUT2D eigenvalue weighted by Crippen LogP contribution is 2.35. The number of nitrogens with zero attached hydrogens (tertiary/aromatic N) is 1. The van der Waals surface area contributed by atoms with E-state index in [1.165, 1.54) is 0 Å². The molecule has 1 amide bonds. The van der Waals surface area contributed by atoms with Crippen molar-refractivity contribution in [3.05, 3.63) is 52.7 Å². The molecular weight excluding hydrogens is 364 g/mol. The lowest BCUT2D eigenvalue weighted by atomic mass is 9.93. The fourth-order valence-electron chi connectivity index (χ4n) is 2.94. The van der Waals surface area contributed by atoms with Crippen LogP contribution in [-0.4, -0.2) is 30.9 Å². The van der Waals surface area contributed by atoms with Gasteiger partial charge in [-0.3, -0.25) is 9.59 Å². The average Bonchev–Trinajstić information content (AvgIpc) is 2.78. The third-order valence-corrected chi connectivity index (χ3v) is 4.72. The van der Waals surface area contributed by atoms with Crippen LogP contribution >= 0.6 is 11.6 Å². The van der Waals surface area contributed by atoms with Crippen LogP contribution in [0.4, 0.5) is 0 Å². The van der Waals surface area contributed by atoms with Crippen LogP contribution in [0.1, 0.15) is 22.5 Å². The minimum Gasteiger partial charge on any atom is -0.339 e. The first-order chi connectivity index (χ1) is 11.7. The summed E-state index contributed by atoms with van der Waals surface area (Å²) in [5, 5.41) is 1.07. The molecule has 1 aromatic carbocycles. The summed E-state index contributed by atoms with van der Waals surface area (Å²) in [6.07, 6.45) is 6.20. The minimum atomic E-state index is -3.75. The normalized spacial score (nSPS) is 14.7. The standard InChI is InChI=1S/C17H15ClN2O4S/c1-20-13-8-7-10(18)9-12(13)15(11-5-3-4-6-14(11)21)16(20)17(22)19-25(2,23)24/h3-5,7-9H,6H2,1-2H3,(H,19,22). The number of hydrogen-bond acceptors (Lipinski definition) is 4. The van der Waals surface area contributed by atoms with Crippen molar-refractivity contribution in [2.75, 3.05) is 6.26 Å². The lowest BCUT2D eigenvalue weighted by Crippen LogP contribution is -2.31. The zero-order valence-electron chi connectivity index (χ0n) is 13.5. The maximum Gasteiger partial charge on any atom is 0.282 e. The molecule has 2 aromatic rings. The number of benzene rings is 1. The molecule has 0 radical (unpaired) electrons. The minimum absolute atomic E-state index is 0.0950. The Kier molecular flexibility index (Phi) is 4.30. The molecule has 0 saturated heterocycles. The average molecular weight is 379 g/mol. The maximum absolute atomic E-state index is 12.6. The highest BCUT2D eigenvalue weighted by Gasteiger charge is 2.28. The van der Waals surface area contributed by atoms with Crippen LogP contribution in [0.2, 0.25) is 5.02 Å². The molecule has 8 heteroatoms. The molecular formula is C17H15ClN2O4S. The zero-order chi connectivity index (χ0) is 18.4. The molecule has 6 nitrogen and oxygen atoms in total. The Balaban J connectivity index is 2.35. The third kappa shape index (κ3) is 3.25. The molecule has 1 aliphatic rings. The molecule has 0 spiro atoms. The zero-order valence-corrected chi connectivity index (χ0v) is 15.1. The van der Waals surface area contributed by atoms with Gasteiger partial charge < -0.3 is 4.57 Å². The summed E-state index contributed by atoms with van der Waals surface area (Å²) in [7, 11) is -2.11. The van der Waals surface area contributed by atoms with Crippen LogP contribution in [0.25, 0.3) is 16.5 Å². The Morgan fingerprint density at radius 1 is 1.32 bits per heavy atom. The van der Waals surface area contributed by atoms with E-state index in [-0.39, 0.29) is 17.9 Å². The second kappa shape index (κ2) is 6.16. The van der Waals surface area contributed by atoms with Crippen molar-refractivity contribution in [2.24, 2.45) is 7.05 Å². The largest absolute Gasteiger partial charge is 0.339 e. The fourth-order valence-corrected chi connectivity index (χ4v) is 3.54. The number of ketones is 1. The predicted molar refractivity (Wildman–Crippen MR) is 97.0 cm³/mol. The van der Waals surface area contributed by atoms with Gasteiger partial charge in [0.05, 0.1) is 6.26 Å². The van der Waals surface area contributed by atoms with Crippen LogP contribution in [0.5, 0.6) is 0 Å². The second-order valence-corrected chi connectivity index (χ2v) is 7.97. The summed E-state index contributed by atoms with van der Waals surface area (Å²) in [4.78, 5) is 25.0. The molecule has 0 fully saturated rings. The predicted octanol–water partition coefficient (Wildman–Crippen LogP) is 2.43. The van der Waals surface area contributed by atoms with Gasteiger partial charge in [0.1, 0.15) is 5.69 Å². The molecule has 0 atom stereocenters. The number of Topliss-reactive ketones (excluding diaryl/α,β-unsaturated/α-hetero) is 1. The van der Waals surface area contributed by atoms with Crippen molar-refractivity contribution >= 4 is 49.8 Å². The number of rotatable bonds is 3. The highest BCUT2D eigenvalue weighted by atomic mass is 35.5. The van der Waals surface area contributed by atoms with E-state index in [0.717, 1.165) is 6.26 Å². The summed E-state index contributed by atoms with van der Waals surface area (Å²) in [5.74, 6) is -0.945.